The summed E-state index contributed by atoms with van der Waals surface area (Å²) in [5.74, 6) is 0.516. The predicted octanol–water partition coefficient (Wildman–Crippen LogP) is 1.46. The Balaban J connectivity index is 2.17. The minimum Gasteiger partial charge on any atom is -0.295 e. The van der Waals surface area contributed by atoms with Gasteiger partial charge in [0.15, 0.2) is 11.5 Å². The van der Waals surface area contributed by atoms with Gasteiger partial charge < -0.3 is 0 Å². The van der Waals surface area contributed by atoms with Crippen molar-refractivity contribution in [3.05, 3.63) is 10.9 Å². The highest BCUT2D eigenvalue weighted by molar-refractivity contribution is 9.10. The van der Waals surface area contributed by atoms with Crippen LogP contribution in [0.15, 0.2) is 10.9 Å². The summed E-state index contributed by atoms with van der Waals surface area (Å²) in [5.41, 5.74) is 0.521. The number of aromatic amines is 1. The molecule has 0 aromatic carbocycles. The molecule has 0 radical (unpaired) electrons. The molecule has 3 rings (SSSR count). The lowest BCUT2D eigenvalue weighted by molar-refractivity contribution is -0.117. The zero-order valence-corrected chi connectivity index (χ0v) is 10.9. The zero-order valence-electron chi connectivity index (χ0n) is 8.52. The molecule has 1 unspecified atom stereocenters. The fraction of sp³-hybridized carbons (Fsp3) is 0.333. The van der Waals surface area contributed by atoms with Crippen molar-refractivity contribution in [3.63, 3.8) is 0 Å². The maximum absolute atomic E-state index is 11.8. The summed E-state index contributed by atoms with van der Waals surface area (Å²) in [4.78, 5) is 21.5. The van der Waals surface area contributed by atoms with Crippen LogP contribution in [0.2, 0.25) is 0 Å². The number of H-pyrrole nitrogens is 1. The average molecular weight is 317 g/mol. The maximum atomic E-state index is 11.8. The van der Waals surface area contributed by atoms with Gasteiger partial charge in [0, 0.05) is 13.0 Å². The Hall–Kier alpha value is -1.21. The highest BCUT2D eigenvalue weighted by atomic mass is 79.9. The number of carbonyl (C=O) groups excluding carboxylic acids is 1. The smallest absolute Gasteiger partial charge is 0.229 e. The highest BCUT2D eigenvalue weighted by Crippen LogP contribution is 2.31. The van der Waals surface area contributed by atoms with E-state index in [9.17, 15) is 4.79 Å². The molecule has 3 heterocycles. The fourth-order valence-electron chi connectivity index (χ4n) is 1.88. The Labute approximate surface area is 109 Å². The molecule has 1 amide bonds. The third kappa shape index (κ3) is 1.69. The molecular weight excluding hydrogens is 309 g/mol. The molecule has 1 saturated heterocycles. The number of alkyl halides is 1. The van der Waals surface area contributed by atoms with Crippen molar-refractivity contribution in [1.82, 2.24) is 20.2 Å². The molecule has 1 N–H and O–H groups in total. The first-order valence-corrected chi connectivity index (χ1v) is 6.19. The molecule has 6 nitrogen and oxygen atoms in total. The van der Waals surface area contributed by atoms with Crippen LogP contribution in [0, 0.1) is 0 Å². The molecule has 1 aliphatic heterocycles. The molecule has 0 spiro atoms. The summed E-state index contributed by atoms with van der Waals surface area (Å²) < 4.78 is 0.661. The summed E-state index contributed by atoms with van der Waals surface area (Å²) in [6.07, 6.45) is 1.72. The van der Waals surface area contributed by atoms with Crippen molar-refractivity contribution >= 4 is 50.3 Å². The Bertz CT molecular complexity index is 600. The van der Waals surface area contributed by atoms with Gasteiger partial charge in [-0.3, -0.25) is 14.8 Å². The van der Waals surface area contributed by atoms with E-state index in [2.05, 4.69) is 36.1 Å². The number of amides is 1. The van der Waals surface area contributed by atoms with Gasteiger partial charge in [-0.15, -0.1) is 11.6 Å². The molecule has 1 atom stereocenters. The third-order valence-corrected chi connectivity index (χ3v) is 3.49. The van der Waals surface area contributed by atoms with Crippen LogP contribution in [0.3, 0.4) is 0 Å². The summed E-state index contributed by atoms with van der Waals surface area (Å²) in [5, 5.41) is 7.29. The summed E-state index contributed by atoms with van der Waals surface area (Å²) >= 11 is 9.31. The van der Waals surface area contributed by atoms with Crippen LogP contribution in [0.5, 0.6) is 0 Å². The van der Waals surface area contributed by atoms with E-state index in [0.717, 1.165) is 0 Å². The van der Waals surface area contributed by atoms with E-state index in [1.807, 2.05) is 0 Å². The van der Waals surface area contributed by atoms with Crippen LogP contribution in [-0.2, 0) is 4.79 Å². The summed E-state index contributed by atoms with van der Waals surface area (Å²) in [6, 6.07) is 0. The van der Waals surface area contributed by atoms with Gasteiger partial charge in [0.1, 0.15) is 10.9 Å². The minimum absolute atomic E-state index is 0.0295. The van der Waals surface area contributed by atoms with E-state index >= 15 is 0 Å². The van der Waals surface area contributed by atoms with Gasteiger partial charge in [-0.25, -0.2) is 9.97 Å². The Morgan fingerprint density at radius 2 is 2.35 bits per heavy atom. The molecule has 2 aromatic rings. The molecular formula is C9H7BrClN5O. The van der Waals surface area contributed by atoms with Crippen LogP contribution in [0.4, 0.5) is 5.82 Å². The van der Waals surface area contributed by atoms with Gasteiger partial charge in [-0.2, -0.15) is 5.10 Å². The Morgan fingerprint density at radius 3 is 3.06 bits per heavy atom. The Kier molecular flexibility index (Phi) is 2.52. The first-order valence-electron chi connectivity index (χ1n) is 4.96. The van der Waals surface area contributed by atoms with Crippen molar-refractivity contribution in [2.75, 3.05) is 11.4 Å². The maximum Gasteiger partial charge on any atom is 0.229 e. The van der Waals surface area contributed by atoms with Crippen molar-refractivity contribution < 1.29 is 4.79 Å². The van der Waals surface area contributed by atoms with E-state index in [4.69, 9.17) is 11.6 Å². The number of aromatic nitrogens is 4. The number of rotatable bonds is 1. The number of anilines is 1. The minimum atomic E-state index is -0.168. The first-order chi connectivity index (χ1) is 8.16. The van der Waals surface area contributed by atoms with Crippen molar-refractivity contribution in [2.45, 2.75) is 11.8 Å². The Morgan fingerprint density at radius 1 is 1.53 bits per heavy atom. The van der Waals surface area contributed by atoms with Crippen molar-refractivity contribution in [1.29, 1.82) is 0 Å². The van der Waals surface area contributed by atoms with E-state index in [-0.39, 0.29) is 11.3 Å². The molecule has 88 valence electrons. The van der Waals surface area contributed by atoms with Crippen LogP contribution >= 0.6 is 27.5 Å². The van der Waals surface area contributed by atoms with Crippen LogP contribution in [0.25, 0.3) is 11.0 Å². The van der Waals surface area contributed by atoms with E-state index in [1.54, 1.807) is 4.90 Å². The van der Waals surface area contributed by atoms with E-state index in [1.165, 1.54) is 6.33 Å². The van der Waals surface area contributed by atoms with Gasteiger partial charge >= 0.3 is 0 Å². The fourth-order valence-corrected chi connectivity index (χ4v) is 2.59. The van der Waals surface area contributed by atoms with Gasteiger partial charge in [0.25, 0.3) is 0 Å². The predicted molar refractivity (Wildman–Crippen MR) is 66.0 cm³/mol. The number of hydrogen-bond acceptors (Lipinski definition) is 4. The quantitative estimate of drug-likeness (QED) is 0.808. The molecule has 0 bridgehead atoms. The SMILES string of the molecule is O=C1CC(Cl)CN1c1ncnc2n[nH]c(Br)c12. The first kappa shape index (κ1) is 10.9. The van der Waals surface area contributed by atoms with Crippen molar-refractivity contribution in [2.24, 2.45) is 0 Å². The molecule has 0 saturated carbocycles. The molecule has 2 aromatic heterocycles. The number of halogens is 2. The molecule has 8 heteroatoms. The van der Waals surface area contributed by atoms with Gasteiger partial charge in [-0.05, 0) is 15.9 Å². The lowest BCUT2D eigenvalue weighted by atomic mass is 10.3. The lowest BCUT2D eigenvalue weighted by Gasteiger charge is -2.14. The van der Waals surface area contributed by atoms with Gasteiger partial charge in [-0.1, -0.05) is 0 Å². The van der Waals surface area contributed by atoms with E-state index in [0.29, 0.717) is 34.4 Å². The molecule has 17 heavy (non-hydrogen) atoms. The number of carbonyl (C=O) groups is 1. The third-order valence-electron chi connectivity index (χ3n) is 2.62. The summed E-state index contributed by atoms with van der Waals surface area (Å²) in [6.45, 7) is 0.462. The van der Waals surface area contributed by atoms with Crippen LogP contribution < -0.4 is 4.90 Å². The zero-order chi connectivity index (χ0) is 12.0. The van der Waals surface area contributed by atoms with Crippen LogP contribution in [0.1, 0.15) is 6.42 Å². The monoisotopic (exact) mass is 315 g/mol. The second-order valence-electron chi connectivity index (χ2n) is 3.74. The second-order valence-corrected chi connectivity index (χ2v) is 5.15. The number of nitrogens with one attached hydrogen (secondary N) is 1. The van der Waals surface area contributed by atoms with Crippen molar-refractivity contribution in [3.8, 4) is 0 Å². The average Bonchev–Trinajstić information content (AvgIpc) is 2.83. The standard InChI is InChI=1S/C9H7BrClN5O/c10-7-6-8(15-14-7)12-3-13-9(6)16-2-4(11)1-5(16)17/h3-4H,1-2H2,(H,12,13,14,15). The second kappa shape index (κ2) is 3.92. The molecule has 0 aliphatic carbocycles. The largest absolute Gasteiger partial charge is 0.295 e. The van der Waals surface area contributed by atoms with E-state index < -0.39 is 0 Å². The topological polar surface area (TPSA) is 74.8 Å². The van der Waals surface area contributed by atoms with Gasteiger partial charge in [0.05, 0.1) is 10.8 Å². The molecule has 1 aliphatic rings. The molecule has 1 fully saturated rings. The highest BCUT2D eigenvalue weighted by Gasteiger charge is 2.32. The normalized spacial score (nSPS) is 20.5. The summed E-state index contributed by atoms with van der Waals surface area (Å²) in [7, 11) is 0. The lowest BCUT2D eigenvalue weighted by Crippen LogP contribution is -2.25. The van der Waals surface area contributed by atoms with Gasteiger partial charge in [0.2, 0.25) is 5.91 Å². The number of fused-ring (bicyclic) bond motifs is 1. The number of nitrogens with zero attached hydrogens (tertiary/aromatic N) is 4. The number of hydrogen-bond donors (Lipinski definition) is 1. The van der Waals surface area contributed by atoms with Crippen LogP contribution in [-0.4, -0.2) is 38.0 Å².